The van der Waals surface area contributed by atoms with E-state index in [9.17, 15) is 18.4 Å². The van der Waals surface area contributed by atoms with E-state index < -0.39 is 29.1 Å². The lowest BCUT2D eigenvalue weighted by Gasteiger charge is -2.34. The standard InChI is InChI=1S/C32H39F3N6/c1-21(2)25-9-8-10-27(29(25)33)32(34,35)12-6-5-7-15-38-18-24(37)11-16-41-23(4)28(31(19-36)13-14-31)17-26-22(3)39-20-40-30(26)41/h8-10,17-18,20-21,38H,4-7,11-16,37H2,1-3H3/b24-18-. The first kappa shape index (κ1) is 30.2. The highest BCUT2D eigenvalue weighted by atomic mass is 19.3. The number of rotatable bonds is 13. The maximum Gasteiger partial charge on any atom is 0.276 e. The van der Waals surface area contributed by atoms with Crippen molar-refractivity contribution in [2.24, 2.45) is 11.1 Å². The number of alkyl halides is 2. The molecule has 2 heterocycles. The third-order valence-electron chi connectivity index (χ3n) is 7.99. The fourth-order valence-corrected chi connectivity index (χ4v) is 5.26. The fraction of sp³-hybridized carbons (Fsp3) is 0.469. The Kier molecular flexibility index (Phi) is 9.11. The molecule has 1 aliphatic carbocycles. The van der Waals surface area contributed by atoms with Crippen molar-refractivity contribution >= 4 is 11.9 Å². The van der Waals surface area contributed by atoms with Crippen molar-refractivity contribution in [1.82, 2.24) is 15.3 Å². The van der Waals surface area contributed by atoms with E-state index in [1.54, 1.807) is 26.1 Å². The van der Waals surface area contributed by atoms with E-state index in [2.05, 4.69) is 27.9 Å². The van der Waals surface area contributed by atoms with Crippen molar-refractivity contribution < 1.29 is 13.2 Å². The van der Waals surface area contributed by atoms with E-state index in [0.717, 1.165) is 41.2 Å². The largest absolute Gasteiger partial charge is 0.401 e. The first-order valence-electron chi connectivity index (χ1n) is 14.3. The highest BCUT2D eigenvalue weighted by Gasteiger charge is 2.49. The number of aryl methyl sites for hydroxylation is 1. The summed E-state index contributed by atoms with van der Waals surface area (Å²) in [5.41, 5.74) is 9.64. The number of aromatic nitrogens is 2. The molecule has 2 aliphatic rings. The van der Waals surface area contributed by atoms with E-state index >= 15 is 0 Å². The second kappa shape index (κ2) is 12.4. The van der Waals surface area contributed by atoms with Crippen LogP contribution < -0.4 is 16.0 Å². The van der Waals surface area contributed by atoms with Gasteiger partial charge in [0.1, 0.15) is 18.0 Å². The SMILES string of the molecule is C=C1C(C2(C#N)CC2)=Cc2c(C)ncnc2N1CC/C(N)=C/NCCCCCC(F)(F)c1cccc(C(C)C)c1F. The van der Waals surface area contributed by atoms with Crippen LogP contribution in [0, 0.1) is 29.5 Å². The molecule has 0 radical (unpaired) electrons. The van der Waals surface area contributed by atoms with Crippen molar-refractivity contribution in [2.45, 2.75) is 77.6 Å². The highest BCUT2D eigenvalue weighted by molar-refractivity contribution is 5.79. The summed E-state index contributed by atoms with van der Waals surface area (Å²) in [5, 5.41) is 12.9. The molecular formula is C32H39F3N6. The molecule has 0 amide bonds. The topological polar surface area (TPSA) is 90.9 Å². The number of nitrogens with one attached hydrogen (secondary N) is 1. The molecule has 218 valence electrons. The minimum absolute atomic E-state index is 0.155. The van der Waals surface area contributed by atoms with Crippen molar-refractivity contribution in [3.63, 3.8) is 0 Å². The van der Waals surface area contributed by atoms with Gasteiger partial charge in [-0.15, -0.1) is 0 Å². The predicted octanol–water partition coefficient (Wildman–Crippen LogP) is 7.20. The van der Waals surface area contributed by atoms with Crippen LogP contribution in [-0.2, 0) is 5.92 Å². The van der Waals surface area contributed by atoms with Crippen molar-refractivity contribution in [3.05, 3.63) is 82.5 Å². The molecule has 1 aliphatic heterocycles. The van der Waals surface area contributed by atoms with Gasteiger partial charge in [-0.25, -0.2) is 23.1 Å². The zero-order valence-electron chi connectivity index (χ0n) is 24.1. The number of hydrogen-bond donors (Lipinski definition) is 2. The number of anilines is 1. The maximum atomic E-state index is 14.7. The quantitative estimate of drug-likeness (QED) is 0.250. The van der Waals surface area contributed by atoms with E-state index in [-0.39, 0.29) is 12.3 Å². The van der Waals surface area contributed by atoms with Gasteiger partial charge < -0.3 is 16.0 Å². The summed E-state index contributed by atoms with van der Waals surface area (Å²) < 4.78 is 44.0. The number of nitriles is 1. The Labute approximate surface area is 240 Å². The summed E-state index contributed by atoms with van der Waals surface area (Å²) >= 11 is 0. The molecule has 1 fully saturated rings. The third kappa shape index (κ3) is 6.58. The van der Waals surface area contributed by atoms with Crippen LogP contribution in [0.4, 0.5) is 19.0 Å². The third-order valence-corrected chi connectivity index (χ3v) is 7.99. The summed E-state index contributed by atoms with van der Waals surface area (Å²) in [7, 11) is 0. The normalized spacial score (nSPS) is 16.3. The van der Waals surface area contributed by atoms with Gasteiger partial charge in [-0.3, -0.25) is 0 Å². The average Bonchev–Trinajstić information content (AvgIpc) is 3.73. The van der Waals surface area contributed by atoms with Gasteiger partial charge in [0.25, 0.3) is 5.92 Å². The fourth-order valence-electron chi connectivity index (χ4n) is 5.26. The van der Waals surface area contributed by atoms with Crippen molar-refractivity contribution in [2.75, 3.05) is 18.0 Å². The van der Waals surface area contributed by atoms with Gasteiger partial charge in [0.15, 0.2) is 0 Å². The molecule has 41 heavy (non-hydrogen) atoms. The van der Waals surface area contributed by atoms with Crippen LogP contribution in [0.3, 0.4) is 0 Å². The van der Waals surface area contributed by atoms with Gasteiger partial charge in [-0.1, -0.05) is 45.0 Å². The smallest absolute Gasteiger partial charge is 0.276 e. The van der Waals surface area contributed by atoms with Crippen LogP contribution in [0.15, 0.2) is 54.3 Å². The van der Waals surface area contributed by atoms with Crippen LogP contribution in [0.1, 0.15) is 87.1 Å². The number of nitrogens with zero attached hydrogens (tertiary/aromatic N) is 4. The predicted molar refractivity (Wildman–Crippen MR) is 156 cm³/mol. The Morgan fingerprint density at radius 2 is 2.02 bits per heavy atom. The monoisotopic (exact) mass is 564 g/mol. The molecule has 9 heteroatoms. The Bertz CT molecular complexity index is 1380. The molecule has 4 rings (SSSR count). The Balaban J connectivity index is 1.24. The first-order chi connectivity index (χ1) is 19.5. The number of benzene rings is 1. The Hall–Kier alpha value is -3.80. The molecule has 0 spiro atoms. The van der Waals surface area contributed by atoms with Gasteiger partial charge >= 0.3 is 0 Å². The van der Waals surface area contributed by atoms with Crippen molar-refractivity contribution in [1.29, 1.82) is 5.26 Å². The lowest BCUT2D eigenvalue weighted by Crippen LogP contribution is -2.31. The molecule has 3 N–H and O–H groups in total. The Morgan fingerprint density at radius 3 is 2.71 bits per heavy atom. The lowest BCUT2D eigenvalue weighted by molar-refractivity contribution is -0.0192. The molecular weight excluding hydrogens is 525 g/mol. The summed E-state index contributed by atoms with van der Waals surface area (Å²) in [6, 6.07) is 6.71. The second-order valence-corrected chi connectivity index (χ2v) is 11.3. The summed E-state index contributed by atoms with van der Waals surface area (Å²) in [6.45, 7) is 10.9. The number of unbranched alkanes of at least 4 members (excludes halogenated alkanes) is 2. The molecule has 1 aromatic heterocycles. The van der Waals surface area contributed by atoms with Gasteiger partial charge in [0.2, 0.25) is 0 Å². The molecule has 6 nitrogen and oxygen atoms in total. The van der Waals surface area contributed by atoms with Crippen LogP contribution in [-0.4, -0.2) is 23.1 Å². The van der Waals surface area contributed by atoms with Crippen LogP contribution >= 0.6 is 0 Å². The second-order valence-electron chi connectivity index (χ2n) is 11.3. The maximum absolute atomic E-state index is 14.7. The van der Waals surface area contributed by atoms with Crippen LogP contribution in [0.5, 0.6) is 0 Å². The zero-order chi connectivity index (χ0) is 29.8. The van der Waals surface area contributed by atoms with E-state index in [4.69, 9.17) is 5.73 Å². The van der Waals surface area contributed by atoms with Crippen LogP contribution in [0.2, 0.25) is 0 Å². The number of allylic oxidation sites excluding steroid dienone is 1. The van der Waals surface area contributed by atoms with E-state index in [1.807, 2.05) is 17.9 Å². The first-order valence-corrected chi connectivity index (χ1v) is 14.3. The summed E-state index contributed by atoms with van der Waals surface area (Å²) in [5.74, 6) is -3.39. The summed E-state index contributed by atoms with van der Waals surface area (Å²) in [4.78, 5) is 10.8. The lowest BCUT2D eigenvalue weighted by atomic mass is 9.89. The van der Waals surface area contributed by atoms with Gasteiger partial charge in [-0.2, -0.15) is 5.26 Å². The number of hydrogen-bond acceptors (Lipinski definition) is 6. The minimum Gasteiger partial charge on any atom is -0.401 e. The van der Waals surface area contributed by atoms with Gasteiger partial charge in [0.05, 0.1) is 22.7 Å². The number of fused-ring (bicyclic) bond motifs is 1. The Morgan fingerprint density at radius 1 is 1.27 bits per heavy atom. The molecule has 0 atom stereocenters. The number of halogens is 3. The average molecular weight is 565 g/mol. The minimum atomic E-state index is -3.20. The molecule has 0 bridgehead atoms. The number of nitrogens with two attached hydrogens (primary N) is 1. The molecule has 1 saturated carbocycles. The van der Waals surface area contributed by atoms with E-state index in [0.29, 0.717) is 43.6 Å². The van der Waals surface area contributed by atoms with E-state index in [1.165, 1.54) is 18.5 Å². The molecule has 2 aromatic rings. The zero-order valence-corrected chi connectivity index (χ0v) is 24.1. The van der Waals surface area contributed by atoms with Crippen LogP contribution in [0.25, 0.3) is 6.08 Å². The van der Waals surface area contributed by atoms with Gasteiger partial charge in [0, 0.05) is 49.1 Å². The molecule has 0 unspecified atom stereocenters. The van der Waals surface area contributed by atoms with Gasteiger partial charge in [-0.05, 0) is 55.7 Å². The highest BCUT2D eigenvalue weighted by Crippen LogP contribution is 2.56. The molecule has 1 aromatic carbocycles. The molecule has 0 saturated heterocycles. The summed E-state index contributed by atoms with van der Waals surface area (Å²) in [6.07, 6.45) is 8.62. The van der Waals surface area contributed by atoms with Crippen molar-refractivity contribution in [3.8, 4) is 6.07 Å².